The van der Waals surface area contributed by atoms with Gasteiger partial charge in [0, 0.05) is 6.54 Å². The summed E-state index contributed by atoms with van der Waals surface area (Å²) in [6, 6.07) is 11.9. The summed E-state index contributed by atoms with van der Waals surface area (Å²) in [4.78, 5) is 14.8. The summed E-state index contributed by atoms with van der Waals surface area (Å²) in [6.07, 6.45) is 2.50. The van der Waals surface area contributed by atoms with Crippen LogP contribution in [-0.2, 0) is 11.2 Å². The van der Waals surface area contributed by atoms with E-state index < -0.39 is 5.82 Å². The van der Waals surface area contributed by atoms with Gasteiger partial charge in [0.1, 0.15) is 17.3 Å². The van der Waals surface area contributed by atoms with E-state index in [9.17, 15) is 9.18 Å². The smallest absolute Gasteiger partial charge is 0.257 e. The van der Waals surface area contributed by atoms with E-state index in [0.717, 1.165) is 37.9 Å². The molecular formula is C23H28FN3O3. The number of hydrogen-bond donors (Lipinski definition) is 2. The minimum atomic E-state index is -0.545. The van der Waals surface area contributed by atoms with Crippen molar-refractivity contribution in [1.82, 2.24) is 10.2 Å². The second kappa shape index (κ2) is 9.12. The summed E-state index contributed by atoms with van der Waals surface area (Å²) in [7, 11) is 0. The van der Waals surface area contributed by atoms with Crippen LogP contribution in [0.25, 0.3) is 0 Å². The normalized spacial score (nSPS) is 18.4. The molecule has 0 aliphatic carbocycles. The van der Waals surface area contributed by atoms with E-state index in [1.165, 1.54) is 18.2 Å². The first kappa shape index (κ1) is 20.8. The number of carbonyl (C=O) groups excluding carboxylic acids is 1. The SMILES string of the molecule is NCCc1ccc(Oc2ccc(F)c(C(=O)N3CCOC4(CCNCC4)C3)c2)cc1. The average molecular weight is 413 g/mol. The van der Waals surface area contributed by atoms with Crippen molar-refractivity contribution in [2.24, 2.45) is 5.73 Å². The molecule has 0 aromatic heterocycles. The van der Waals surface area contributed by atoms with Crippen molar-refractivity contribution >= 4 is 5.91 Å². The molecule has 160 valence electrons. The highest BCUT2D eigenvalue weighted by molar-refractivity contribution is 5.95. The number of ether oxygens (including phenoxy) is 2. The Balaban J connectivity index is 1.49. The van der Waals surface area contributed by atoms with Gasteiger partial charge in [0.2, 0.25) is 0 Å². The highest BCUT2D eigenvalue weighted by Gasteiger charge is 2.39. The largest absolute Gasteiger partial charge is 0.457 e. The van der Waals surface area contributed by atoms with Crippen molar-refractivity contribution in [3.63, 3.8) is 0 Å². The van der Waals surface area contributed by atoms with Crippen LogP contribution >= 0.6 is 0 Å². The average Bonchev–Trinajstić information content (AvgIpc) is 2.77. The molecule has 1 amide bonds. The lowest BCUT2D eigenvalue weighted by Crippen LogP contribution is -2.57. The van der Waals surface area contributed by atoms with Crippen molar-refractivity contribution in [2.75, 3.05) is 39.3 Å². The first-order chi connectivity index (χ1) is 14.6. The maximum atomic E-state index is 14.5. The lowest BCUT2D eigenvalue weighted by atomic mass is 9.90. The zero-order valence-corrected chi connectivity index (χ0v) is 17.0. The van der Waals surface area contributed by atoms with Gasteiger partial charge in [0.15, 0.2) is 0 Å². The molecule has 4 rings (SSSR count). The molecule has 0 radical (unpaired) electrons. The Morgan fingerprint density at radius 2 is 1.90 bits per heavy atom. The number of benzene rings is 2. The minimum absolute atomic E-state index is 0.0261. The molecule has 6 nitrogen and oxygen atoms in total. The first-order valence-electron chi connectivity index (χ1n) is 10.5. The van der Waals surface area contributed by atoms with Crippen molar-refractivity contribution in [1.29, 1.82) is 0 Å². The second-order valence-corrected chi connectivity index (χ2v) is 7.93. The summed E-state index contributed by atoms with van der Waals surface area (Å²) in [5.74, 6) is 0.186. The number of amides is 1. The first-order valence-corrected chi connectivity index (χ1v) is 10.5. The van der Waals surface area contributed by atoms with Crippen molar-refractivity contribution in [3.8, 4) is 11.5 Å². The number of rotatable bonds is 5. The fraction of sp³-hybridized carbons (Fsp3) is 0.435. The van der Waals surface area contributed by atoms with Gasteiger partial charge in [-0.05, 0) is 74.8 Å². The van der Waals surface area contributed by atoms with Crippen LogP contribution in [0, 0.1) is 5.82 Å². The summed E-state index contributed by atoms with van der Waals surface area (Å²) >= 11 is 0. The molecule has 0 unspecified atom stereocenters. The van der Waals surface area contributed by atoms with E-state index in [2.05, 4.69) is 5.32 Å². The summed E-state index contributed by atoms with van der Waals surface area (Å²) in [6.45, 7) is 3.73. The zero-order chi connectivity index (χ0) is 21.0. The number of nitrogens with zero attached hydrogens (tertiary/aromatic N) is 1. The van der Waals surface area contributed by atoms with E-state index in [4.69, 9.17) is 15.2 Å². The lowest BCUT2D eigenvalue weighted by molar-refractivity contribution is -0.114. The fourth-order valence-corrected chi connectivity index (χ4v) is 4.13. The maximum Gasteiger partial charge on any atom is 0.257 e. The molecular weight excluding hydrogens is 385 g/mol. The van der Waals surface area contributed by atoms with Crippen molar-refractivity contribution in [3.05, 3.63) is 59.4 Å². The van der Waals surface area contributed by atoms with E-state index in [0.29, 0.717) is 37.7 Å². The van der Waals surface area contributed by atoms with E-state index in [1.807, 2.05) is 24.3 Å². The van der Waals surface area contributed by atoms with E-state index in [1.54, 1.807) is 4.90 Å². The summed E-state index contributed by atoms with van der Waals surface area (Å²) < 4.78 is 26.4. The minimum Gasteiger partial charge on any atom is -0.457 e. The number of carbonyl (C=O) groups is 1. The van der Waals surface area contributed by atoms with Gasteiger partial charge in [-0.15, -0.1) is 0 Å². The van der Waals surface area contributed by atoms with Crippen LogP contribution in [0.15, 0.2) is 42.5 Å². The number of piperidine rings is 1. The quantitative estimate of drug-likeness (QED) is 0.788. The summed E-state index contributed by atoms with van der Waals surface area (Å²) in [5, 5.41) is 3.32. The lowest BCUT2D eigenvalue weighted by Gasteiger charge is -2.45. The fourth-order valence-electron chi connectivity index (χ4n) is 4.13. The summed E-state index contributed by atoms with van der Waals surface area (Å²) in [5.41, 5.74) is 6.40. The van der Waals surface area contributed by atoms with Crippen LogP contribution in [0.5, 0.6) is 11.5 Å². The van der Waals surface area contributed by atoms with Crippen LogP contribution in [-0.4, -0.2) is 55.7 Å². The number of halogens is 1. The topological polar surface area (TPSA) is 76.8 Å². The molecule has 1 spiro atoms. The molecule has 0 bridgehead atoms. The molecule has 7 heteroatoms. The Morgan fingerprint density at radius 3 is 2.63 bits per heavy atom. The van der Waals surface area contributed by atoms with Crippen LogP contribution in [0.4, 0.5) is 4.39 Å². The molecule has 30 heavy (non-hydrogen) atoms. The second-order valence-electron chi connectivity index (χ2n) is 7.93. The van der Waals surface area contributed by atoms with Gasteiger partial charge >= 0.3 is 0 Å². The molecule has 2 aliphatic rings. The number of nitrogens with one attached hydrogen (secondary N) is 1. The Hall–Kier alpha value is -2.48. The third kappa shape index (κ3) is 4.64. The molecule has 0 saturated carbocycles. The number of morpholine rings is 1. The predicted molar refractivity (Wildman–Crippen MR) is 112 cm³/mol. The van der Waals surface area contributed by atoms with Crippen LogP contribution < -0.4 is 15.8 Å². The Bertz CT molecular complexity index is 876. The van der Waals surface area contributed by atoms with Gasteiger partial charge in [-0.3, -0.25) is 4.79 Å². The molecule has 2 aromatic carbocycles. The van der Waals surface area contributed by atoms with Crippen molar-refractivity contribution in [2.45, 2.75) is 24.9 Å². The van der Waals surface area contributed by atoms with E-state index in [-0.39, 0.29) is 17.1 Å². The number of nitrogens with two attached hydrogens (primary N) is 1. The van der Waals surface area contributed by atoms with Crippen LogP contribution in [0.3, 0.4) is 0 Å². The van der Waals surface area contributed by atoms with Gasteiger partial charge in [-0.1, -0.05) is 12.1 Å². The van der Waals surface area contributed by atoms with Gasteiger partial charge in [0.25, 0.3) is 5.91 Å². The molecule has 2 saturated heterocycles. The maximum absolute atomic E-state index is 14.5. The zero-order valence-electron chi connectivity index (χ0n) is 17.0. The van der Waals surface area contributed by atoms with Gasteiger partial charge in [-0.25, -0.2) is 4.39 Å². The number of hydrogen-bond acceptors (Lipinski definition) is 5. The Labute approximate surface area is 176 Å². The van der Waals surface area contributed by atoms with Crippen molar-refractivity contribution < 1.29 is 18.7 Å². The molecule has 2 aliphatic heterocycles. The molecule has 2 heterocycles. The Kier molecular flexibility index (Phi) is 6.32. The van der Waals surface area contributed by atoms with Gasteiger partial charge < -0.3 is 25.4 Å². The van der Waals surface area contributed by atoms with Crippen LogP contribution in [0.1, 0.15) is 28.8 Å². The standard InChI is InChI=1S/C23H28FN3O3/c24-21-6-5-19(30-18-3-1-17(2-4-18)7-10-25)15-20(21)22(28)27-13-14-29-23(16-27)8-11-26-12-9-23/h1-6,15,26H,7-14,16,25H2. The van der Waals surface area contributed by atoms with Gasteiger partial charge in [-0.2, -0.15) is 0 Å². The Morgan fingerprint density at radius 1 is 1.17 bits per heavy atom. The van der Waals surface area contributed by atoms with Crippen LogP contribution in [0.2, 0.25) is 0 Å². The predicted octanol–water partition coefficient (Wildman–Crippen LogP) is 2.71. The molecule has 2 fully saturated rings. The highest BCUT2D eigenvalue weighted by atomic mass is 19.1. The van der Waals surface area contributed by atoms with Gasteiger partial charge in [0.05, 0.1) is 24.3 Å². The monoisotopic (exact) mass is 413 g/mol. The third-order valence-corrected chi connectivity index (χ3v) is 5.81. The highest BCUT2D eigenvalue weighted by Crippen LogP contribution is 2.30. The molecule has 0 atom stereocenters. The molecule has 2 aromatic rings. The van der Waals surface area contributed by atoms with E-state index >= 15 is 0 Å². The molecule has 3 N–H and O–H groups in total. The third-order valence-electron chi connectivity index (χ3n) is 5.81.